The third-order valence-corrected chi connectivity index (χ3v) is 1.42. The fourth-order valence-corrected chi connectivity index (χ4v) is 0.804. The van der Waals surface area contributed by atoms with Gasteiger partial charge in [0.2, 0.25) is 0 Å². The molecule has 0 aliphatic carbocycles. The van der Waals surface area contributed by atoms with E-state index in [1.165, 1.54) is 6.07 Å². The van der Waals surface area contributed by atoms with Crippen LogP contribution < -0.4 is 5.32 Å². The Morgan fingerprint density at radius 3 is 3.00 bits per heavy atom. The molecule has 1 heterocycles. The van der Waals surface area contributed by atoms with Crippen molar-refractivity contribution in [3.05, 3.63) is 17.5 Å². The normalized spacial score (nSPS) is 12.5. The van der Waals surface area contributed by atoms with Gasteiger partial charge in [-0.05, 0) is 13.8 Å². The molecule has 1 atom stereocenters. The first kappa shape index (κ1) is 9.73. The van der Waals surface area contributed by atoms with E-state index in [2.05, 4.69) is 10.5 Å². The maximum atomic E-state index is 11.2. The minimum atomic E-state index is -0.558. The van der Waals surface area contributed by atoms with Crippen LogP contribution in [0.25, 0.3) is 0 Å². The lowest BCUT2D eigenvalue weighted by Gasteiger charge is -2.03. The molecule has 0 aromatic carbocycles. The fourth-order valence-electron chi connectivity index (χ4n) is 0.804. The van der Waals surface area contributed by atoms with Crippen molar-refractivity contribution < 1.29 is 14.4 Å². The molecule has 0 saturated carbocycles. The van der Waals surface area contributed by atoms with Crippen molar-refractivity contribution in [2.24, 2.45) is 0 Å². The molecule has 0 unspecified atom stereocenters. The second-order valence-electron chi connectivity index (χ2n) is 2.88. The largest absolute Gasteiger partial charge is 0.392 e. The molecule has 5 nitrogen and oxygen atoms in total. The Morgan fingerprint density at radius 1 is 1.85 bits per heavy atom. The summed E-state index contributed by atoms with van der Waals surface area (Å²) in [6.45, 7) is 3.51. The summed E-state index contributed by atoms with van der Waals surface area (Å²) < 4.78 is 4.72. The zero-order chi connectivity index (χ0) is 9.84. The van der Waals surface area contributed by atoms with E-state index in [1.54, 1.807) is 13.8 Å². The molecule has 0 spiro atoms. The average molecular weight is 184 g/mol. The predicted octanol–water partition coefficient (Wildman–Crippen LogP) is 0.0936. The van der Waals surface area contributed by atoms with Crippen LogP contribution in [0, 0.1) is 6.92 Å². The number of amides is 1. The molecule has 1 amide bonds. The van der Waals surface area contributed by atoms with Crippen LogP contribution in [0.5, 0.6) is 0 Å². The van der Waals surface area contributed by atoms with E-state index in [9.17, 15) is 4.79 Å². The molecule has 0 bridgehead atoms. The number of aryl methyl sites for hydroxylation is 1. The summed E-state index contributed by atoms with van der Waals surface area (Å²) >= 11 is 0. The van der Waals surface area contributed by atoms with Crippen molar-refractivity contribution in [2.45, 2.75) is 20.0 Å². The highest BCUT2D eigenvalue weighted by Gasteiger charge is 2.10. The van der Waals surface area contributed by atoms with Crippen LogP contribution in [0.4, 0.5) is 0 Å². The van der Waals surface area contributed by atoms with Gasteiger partial charge in [0, 0.05) is 12.6 Å². The molecule has 0 fully saturated rings. The number of aliphatic hydroxyl groups excluding tert-OH is 1. The molecule has 13 heavy (non-hydrogen) atoms. The first-order valence-corrected chi connectivity index (χ1v) is 3.99. The smallest absolute Gasteiger partial charge is 0.273 e. The molecule has 0 radical (unpaired) electrons. The maximum absolute atomic E-state index is 11.2. The van der Waals surface area contributed by atoms with Gasteiger partial charge in [0.1, 0.15) is 5.76 Å². The van der Waals surface area contributed by atoms with Gasteiger partial charge in [-0.15, -0.1) is 0 Å². The number of rotatable bonds is 3. The van der Waals surface area contributed by atoms with Gasteiger partial charge in [-0.3, -0.25) is 4.79 Å². The monoisotopic (exact) mass is 184 g/mol. The SMILES string of the molecule is Cc1cc(C(=O)NC[C@@H](C)O)no1. The molecule has 1 rings (SSSR count). The van der Waals surface area contributed by atoms with Crippen LogP contribution in [0.3, 0.4) is 0 Å². The quantitative estimate of drug-likeness (QED) is 0.698. The summed E-state index contributed by atoms with van der Waals surface area (Å²) in [5.74, 6) is 0.250. The Balaban J connectivity index is 2.49. The second-order valence-corrected chi connectivity index (χ2v) is 2.88. The number of aromatic nitrogens is 1. The van der Waals surface area contributed by atoms with Gasteiger partial charge in [0.15, 0.2) is 5.69 Å². The molecule has 1 aromatic rings. The van der Waals surface area contributed by atoms with E-state index in [0.29, 0.717) is 5.76 Å². The van der Waals surface area contributed by atoms with Crippen LogP contribution in [0.15, 0.2) is 10.6 Å². The average Bonchev–Trinajstić information content (AvgIpc) is 2.47. The standard InChI is InChI=1S/C8H12N2O3/c1-5(11)4-9-8(12)7-3-6(2)13-10-7/h3,5,11H,4H2,1-2H3,(H,9,12)/t5-/m1/s1. The van der Waals surface area contributed by atoms with Gasteiger partial charge in [0.25, 0.3) is 5.91 Å². The Labute approximate surface area is 75.7 Å². The molecule has 0 aliphatic rings. The Morgan fingerprint density at radius 2 is 2.54 bits per heavy atom. The molecule has 0 saturated heterocycles. The summed E-state index contributed by atoms with van der Waals surface area (Å²) in [6.07, 6.45) is -0.558. The third-order valence-electron chi connectivity index (χ3n) is 1.42. The van der Waals surface area contributed by atoms with Crippen molar-refractivity contribution in [1.29, 1.82) is 0 Å². The zero-order valence-corrected chi connectivity index (χ0v) is 7.57. The lowest BCUT2D eigenvalue weighted by atomic mass is 10.3. The molecular formula is C8H12N2O3. The Hall–Kier alpha value is -1.36. The molecule has 2 N–H and O–H groups in total. The lowest BCUT2D eigenvalue weighted by molar-refractivity contribution is 0.0915. The van der Waals surface area contributed by atoms with Crippen LogP contribution in [-0.4, -0.2) is 28.8 Å². The number of nitrogens with one attached hydrogen (secondary N) is 1. The van der Waals surface area contributed by atoms with Crippen LogP contribution in [0.1, 0.15) is 23.2 Å². The van der Waals surface area contributed by atoms with E-state index < -0.39 is 6.10 Å². The molecular weight excluding hydrogens is 172 g/mol. The second kappa shape index (κ2) is 4.04. The van der Waals surface area contributed by atoms with Gasteiger partial charge >= 0.3 is 0 Å². The number of hydrogen-bond acceptors (Lipinski definition) is 4. The summed E-state index contributed by atoms with van der Waals surface area (Å²) in [5.41, 5.74) is 0.234. The number of aliphatic hydroxyl groups is 1. The van der Waals surface area contributed by atoms with E-state index in [-0.39, 0.29) is 18.1 Å². The Kier molecular flexibility index (Phi) is 3.02. The molecule has 0 aliphatic heterocycles. The Bertz CT molecular complexity index is 293. The number of carbonyl (C=O) groups is 1. The van der Waals surface area contributed by atoms with E-state index >= 15 is 0 Å². The van der Waals surface area contributed by atoms with Gasteiger partial charge in [-0.2, -0.15) is 0 Å². The van der Waals surface area contributed by atoms with Gasteiger partial charge in [-0.25, -0.2) is 0 Å². The summed E-state index contributed by atoms with van der Waals surface area (Å²) in [5, 5.41) is 14.9. The molecule has 1 aromatic heterocycles. The highest BCUT2D eigenvalue weighted by molar-refractivity contribution is 5.92. The third kappa shape index (κ3) is 2.87. The lowest BCUT2D eigenvalue weighted by Crippen LogP contribution is -2.30. The maximum Gasteiger partial charge on any atom is 0.273 e. The summed E-state index contributed by atoms with van der Waals surface area (Å²) in [6, 6.07) is 1.54. The fraction of sp³-hybridized carbons (Fsp3) is 0.500. The van der Waals surface area contributed by atoms with E-state index in [1.807, 2.05) is 0 Å². The van der Waals surface area contributed by atoms with Crippen molar-refractivity contribution in [1.82, 2.24) is 10.5 Å². The highest BCUT2D eigenvalue weighted by Crippen LogP contribution is 2.00. The molecule has 5 heteroatoms. The van der Waals surface area contributed by atoms with Crippen molar-refractivity contribution in [3.8, 4) is 0 Å². The zero-order valence-electron chi connectivity index (χ0n) is 7.57. The van der Waals surface area contributed by atoms with Crippen LogP contribution in [0.2, 0.25) is 0 Å². The minimum Gasteiger partial charge on any atom is -0.392 e. The van der Waals surface area contributed by atoms with Crippen LogP contribution in [-0.2, 0) is 0 Å². The van der Waals surface area contributed by atoms with Gasteiger partial charge < -0.3 is 14.9 Å². The van der Waals surface area contributed by atoms with Gasteiger partial charge in [0.05, 0.1) is 6.10 Å². The van der Waals surface area contributed by atoms with Crippen LogP contribution >= 0.6 is 0 Å². The number of carbonyl (C=O) groups excluding carboxylic acids is 1. The van der Waals surface area contributed by atoms with Crippen molar-refractivity contribution >= 4 is 5.91 Å². The molecule has 72 valence electrons. The van der Waals surface area contributed by atoms with Crippen molar-refractivity contribution in [2.75, 3.05) is 6.54 Å². The predicted molar refractivity (Wildman–Crippen MR) is 45.3 cm³/mol. The number of hydrogen-bond donors (Lipinski definition) is 2. The minimum absolute atomic E-state index is 0.213. The summed E-state index contributed by atoms with van der Waals surface area (Å²) in [4.78, 5) is 11.2. The van der Waals surface area contributed by atoms with E-state index in [4.69, 9.17) is 9.63 Å². The topological polar surface area (TPSA) is 75.4 Å². The van der Waals surface area contributed by atoms with E-state index in [0.717, 1.165) is 0 Å². The van der Waals surface area contributed by atoms with Crippen molar-refractivity contribution in [3.63, 3.8) is 0 Å². The summed E-state index contributed by atoms with van der Waals surface area (Å²) in [7, 11) is 0. The first-order chi connectivity index (χ1) is 6.09. The number of nitrogens with zero attached hydrogens (tertiary/aromatic N) is 1. The van der Waals surface area contributed by atoms with Gasteiger partial charge in [-0.1, -0.05) is 5.16 Å². The first-order valence-electron chi connectivity index (χ1n) is 3.99. The highest BCUT2D eigenvalue weighted by atomic mass is 16.5.